The number of anilines is 2. The van der Waals surface area contributed by atoms with Gasteiger partial charge in [0.1, 0.15) is 11.4 Å². The number of hydrogen-bond acceptors (Lipinski definition) is 3. The lowest BCUT2D eigenvalue weighted by molar-refractivity contribution is -0.117. The first-order valence-corrected chi connectivity index (χ1v) is 9.29. The molecule has 0 aromatic heterocycles. The maximum absolute atomic E-state index is 13.1. The molecule has 3 rings (SSSR count). The number of hydrogen-bond donors (Lipinski definition) is 1. The summed E-state index contributed by atoms with van der Waals surface area (Å²) in [5.41, 5.74) is 4.81. The maximum atomic E-state index is 13.1. The molecule has 0 radical (unpaired) electrons. The first-order valence-electron chi connectivity index (χ1n) is 9.29. The van der Waals surface area contributed by atoms with Crippen molar-refractivity contribution in [1.29, 1.82) is 0 Å². The van der Waals surface area contributed by atoms with Gasteiger partial charge in [-0.2, -0.15) is 0 Å². The molecule has 1 heterocycles. The van der Waals surface area contributed by atoms with Gasteiger partial charge in [0.05, 0.1) is 5.69 Å². The quantitative estimate of drug-likeness (QED) is 0.612. The Morgan fingerprint density at radius 1 is 1.07 bits per heavy atom. The molecule has 1 fully saturated rings. The van der Waals surface area contributed by atoms with Crippen molar-refractivity contribution in [3.63, 3.8) is 0 Å². The molecule has 2 aromatic carbocycles. The van der Waals surface area contributed by atoms with Crippen LogP contribution in [-0.4, -0.2) is 25.4 Å². The highest BCUT2D eigenvalue weighted by Crippen LogP contribution is 2.23. The van der Waals surface area contributed by atoms with E-state index >= 15 is 0 Å². The minimum absolute atomic E-state index is 0.0465. The highest BCUT2D eigenvalue weighted by Gasteiger charge is 2.34. The van der Waals surface area contributed by atoms with Crippen molar-refractivity contribution < 1.29 is 14.0 Å². The molecule has 1 aliphatic heterocycles. The third kappa shape index (κ3) is 4.39. The molecule has 0 unspecified atom stereocenters. The van der Waals surface area contributed by atoms with Gasteiger partial charge in [-0.05, 0) is 60.4 Å². The normalized spacial score (nSPS) is 15.5. The standard InChI is InChI=1S/C22H24FN3O2/c1-15(2)12-13-25(3)18-8-4-16(5-9-18)14-20-21(27)24-26(22(20)28)19-10-6-17(23)7-11-19/h4-11,14-15H,12-13H2,1-3H3,(H,24,27)/b20-14+. The van der Waals surface area contributed by atoms with Crippen LogP contribution in [0.4, 0.5) is 15.8 Å². The van der Waals surface area contributed by atoms with Crippen LogP contribution >= 0.6 is 0 Å². The molecule has 146 valence electrons. The van der Waals surface area contributed by atoms with Crippen LogP contribution in [0.3, 0.4) is 0 Å². The summed E-state index contributed by atoms with van der Waals surface area (Å²) in [4.78, 5) is 27.0. The fourth-order valence-electron chi connectivity index (χ4n) is 2.90. The lowest BCUT2D eigenvalue weighted by Crippen LogP contribution is -2.35. The van der Waals surface area contributed by atoms with Crippen LogP contribution < -0.4 is 15.3 Å². The average Bonchev–Trinajstić information content (AvgIpc) is 2.95. The molecule has 0 saturated carbocycles. The van der Waals surface area contributed by atoms with E-state index in [4.69, 9.17) is 0 Å². The van der Waals surface area contributed by atoms with E-state index in [-0.39, 0.29) is 5.57 Å². The molecule has 0 bridgehead atoms. The SMILES string of the molecule is CC(C)CCN(C)c1ccc(/C=C2\C(=O)NN(c3ccc(F)cc3)C2=O)cc1. The van der Waals surface area contributed by atoms with Crippen LogP contribution in [0.2, 0.25) is 0 Å². The summed E-state index contributed by atoms with van der Waals surface area (Å²) in [6, 6.07) is 13.1. The predicted octanol–water partition coefficient (Wildman–Crippen LogP) is 3.77. The molecule has 0 aliphatic carbocycles. The summed E-state index contributed by atoms with van der Waals surface area (Å²) in [5, 5.41) is 1.13. The number of amides is 2. The van der Waals surface area contributed by atoms with Gasteiger partial charge in [-0.25, -0.2) is 9.40 Å². The number of hydrazine groups is 1. The van der Waals surface area contributed by atoms with E-state index < -0.39 is 17.6 Å². The Labute approximate surface area is 164 Å². The van der Waals surface area contributed by atoms with Crippen molar-refractivity contribution in [2.45, 2.75) is 20.3 Å². The highest BCUT2D eigenvalue weighted by atomic mass is 19.1. The molecule has 2 aromatic rings. The van der Waals surface area contributed by atoms with Crippen LogP contribution in [0.15, 0.2) is 54.1 Å². The van der Waals surface area contributed by atoms with E-state index in [2.05, 4.69) is 24.2 Å². The summed E-state index contributed by atoms with van der Waals surface area (Å²) in [6.45, 7) is 5.36. The van der Waals surface area contributed by atoms with Gasteiger partial charge in [0.2, 0.25) is 0 Å². The summed E-state index contributed by atoms with van der Waals surface area (Å²) in [5.74, 6) is -0.708. The Bertz CT molecular complexity index is 889. The molecular weight excluding hydrogens is 357 g/mol. The van der Waals surface area contributed by atoms with Gasteiger partial charge in [-0.1, -0.05) is 26.0 Å². The Morgan fingerprint density at radius 3 is 2.32 bits per heavy atom. The Hall–Kier alpha value is -3.15. The van der Waals surface area contributed by atoms with E-state index in [9.17, 15) is 14.0 Å². The lowest BCUT2D eigenvalue weighted by atomic mass is 10.1. The van der Waals surface area contributed by atoms with Crippen LogP contribution in [-0.2, 0) is 9.59 Å². The van der Waals surface area contributed by atoms with Crippen LogP contribution in [0.5, 0.6) is 0 Å². The summed E-state index contributed by atoms with van der Waals surface area (Å²) < 4.78 is 13.1. The van der Waals surface area contributed by atoms with Gasteiger partial charge in [0.25, 0.3) is 11.8 Å². The van der Waals surface area contributed by atoms with Gasteiger partial charge in [-0.3, -0.25) is 15.0 Å². The van der Waals surface area contributed by atoms with Crippen LogP contribution in [0.25, 0.3) is 6.08 Å². The van der Waals surface area contributed by atoms with E-state index in [1.54, 1.807) is 6.08 Å². The minimum Gasteiger partial charge on any atom is -0.375 e. The van der Waals surface area contributed by atoms with Gasteiger partial charge in [0.15, 0.2) is 0 Å². The van der Waals surface area contributed by atoms with Crippen molar-refractivity contribution in [3.8, 4) is 0 Å². The van der Waals surface area contributed by atoms with Crippen molar-refractivity contribution in [3.05, 3.63) is 65.5 Å². The molecule has 1 aliphatic rings. The van der Waals surface area contributed by atoms with Crippen molar-refractivity contribution in [1.82, 2.24) is 5.43 Å². The van der Waals surface area contributed by atoms with Gasteiger partial charge in [0, 0.05) is 19.3 Å². The zero-order chi connectivity index (χ0) is 20.3. The molecule has 2 amide bonds. The molecule has 1 saturated heterocycles. The van der Waals surface area contributed by atoms with Crippen molar-refractivity contribution in [2.24, 2.45) is 5.92 Å². The monoisotopic (exact) mass is 381 g/mol. The van der Waals surface area contributed by atoms with Crippen molar-refractivity contribution in [2.75, 3.05) is 23.5 Å². The fourth-order valence-corrected chi connectivity index (χ4v) is 2.90. The lowest BCUT2D eigenvalue weighted by Gasteiger charge is -2.20. The first-order chi connectivity index (χ1) is 13.3. The van der Waals surface area contributed by atoms with E-state index in [0.717, 1.165) is 29.2 Å². The average molecular weight is 381 g/mol. The molecule has 0 atom stereocenters. The molecule has 1 N–H and O–H groups in total. The highest BCUT2D eigenvalue weighted by molar-refractivity contribution is 6.31. The van der Waals surface area contributed by atoms with E-state index in [1.807, 2.05) is 31.3 Å². The molecular formula is C22H24FN3O2. The first kappa shape index (κ1) is 19.6. The van der Waals surface area contributed by atoms with E-state index in [0.29, 0.717) is 11.6 Å². The predicted molar refractivity (Wildman–Crippen MR) is 109 cm³/mol. The second-order valence-electron chi connectivity index (χ2n) is 7.31. The van der Waals surface area contributed by atoms with Gasteiger partial charge >= 0.3 is 0 Å². The van der Waals surface area contributed by atoms with E-state index in [1.165, 1.54) is 24.3 Å². The summed E-state index contributed by atoms with van der Waals surface area (Å²) >= 11 is 0. The Kier molecular flexibility index (Phi) is 5.78. The molecule has 6 heteroatoms. The third-order valence-electron chi connectivity index (χ3n) is 4.66. The number of benzene rings is 2. The molecule has 28 heavy (non-hydrogen) atoms. The smallest absolute Gasteiger partial charge is 0.282 e. The largest absolute Gasteiger partial charge is 0.375 e. The summed E-state index contributed by atoms with van der Waals surface area (Å²) in [6.07, 6.45) is 2.68. The number of carbonyl (C=O) groups is 2. The second kappa shape index (κ2) is 8.25. The molecule has 0 spiro atoms. The van der Waals surface area contributed by atoms with Crippen molar-refractivity contribution >= 4 is 29.3 Å². The summed E-state index contributed by atoms with van der Waals surface area (Å²) in [7, 11) is 2.05. The number of nitrogens with zero attached hydrogens (tertiary/aromatic N) is 2. The Balaban J connectivity index is 1.74. The number of nitrogens with one attached hydrogen (secondary N) is 1. The van der Waals surface area contributed by atoms with Gasteiger partial charge in [-0.15, -0.1) is 0 Å². The Morgan fingerprint density at radius 2 is 1.71 bits per heavy atom. The van der Waals surface area contributed by atoms with Crippen LogP contribution in [0, 0.1) is 11.7 Å². The number of rotatable bonds is 6. The maximum Gasteiger partial charge on any atom is 0.282 e. The number of halogens is 1. The second-order valence-corrected chi connectivity index (χ2v) is 7.31. The van der Waals surface area contributed by atoms with Gasteiger partial charge < -0.3 is 4.90 Å². The fraction of sp³-hybridized carbons (Fsp3) is 0.273. The number of carbonyl (C=O) groups excluding carboxylic acids is 2. The minimum atomic E-state index is -0.479. The zero-order valence-corrected chi connectivity index (χ0v) is 16.3. The zero-order valence-electron chi connectivity index (χ0n) is 16.3. The third-order valence-corrected chi connectivity index (χ3v) is 4.66. The van der Waals surface area contributed by atoms with Crippen LogP contribution in [0.1, 0.15) is 25.8 Å². The molecule has 5 nitrogen and oxygen atoms in total. The topological polar surface area (TPSA) is 52.7 Å².